The van der Waals surface area contributed by atoms with Crippen molar-refractivity contribution in [1.82, 2.24) is 4.90 Å². The summed E-state index contributed by atoms with van der Waals surface area (Å²) in [5.41, 5.74) is 1.34. The third kappa shape index (κ3) is 4.19. The van der Waals surface area contributed by atoms with Gasteiger partial charge >= 0.3 is 0 Å². The lowest BCUT2D eigenvalue weighted by atomic mass is 9.81. The van der Waals surface area contributed by atoms with Crippen LogP contribution in [0.15, 0.2) is 30.3 Å². The molecule has 2 aliphatic heterocycles. The molecule has 2 bridgehead atoms. The molecule has 4 heteroatoms. The van der Waals surface area contributed by atoms with Crippen molar-refractivity contribution in [2.24, 2.45) is 5.92 Å². The highest BCUT2D eigenvalue weighted by molar-refractivity contribution is 5.81. The van der Waals surface area contributed by atoms with Gasteiger partial charge in [-0.1, -0.05) is 30.3 Å². The molecule has 2 aliphatic rings. The zero-order valence-electron chi connectivity index (χ0n) is 13.9. The fourth-order valence-corrected chi connectivity index (χ4v) is 3.90. The molecule has 2 heterocycles. The first-order chi connectivity index (χ1) is 11.3. The van der Waals surface area contributed by atoms with Crippen molar-refractivity contribution >= 4 is 5.78 Å². The zero-order chi connectivity index (χ0) is 16.1. The molecular formula is C19H27NO3. The van der Waals surface area contributed by atoms with Crippen LogP contribution in [0.25, 0.3) is 0 Å². The summed E-state index contributed by atoms with van der Waals surface area (Å²) in [6, 6.07) is 11.3. The summed E-state index contributed by atoms with van der Waals surface area (Å²) in [5, 5.41) is 0. The first-order valence-corrected chi connectivity index (χ1v) is 8.67. The number of hydrogen-bond donors (Lipinski definition) is 0. The molecule has 1 aromatic rings. The Labute approximate surface area is 138 Å². The molecule has 0 aliphatic carbocycles. The highest BCUT2D eigenvalue weighted by Gasteiger charge is 2.40. The summed E-state index contributed by atoms with van der Waals surface area (Å²) in [6.07, 6.45) is 3.37. The zero-order valence-corrected chi connectivity index (χ0v) is 13.9. The molecule has 2 unspecified atom stereocenters. The molecule has 0 spiro atoms. The fourth-order valence-electron chi connectivity index (χ4n) is 3.90. The molecule has 0 amide bonds. The normalized spacial score (nSPS) is 27.8. The van der Waals surface area contributed by atoms with Crippen LogP contribution in [-0.2, 0) is 20.8 Å². The van der Waals surface area contributed by atoms with Crippen molar-refractivity contribution in [2.45, 2.75) is 44.3 Å². The molecule has 23 heavy (non-hydrogen) atoms. The van der Waals surface area contributed by atoms with Crippen LogP contribution in [0, 0.1) is 5.92 Å². The van der Waals surface area contributed by atoms with E-state index in [-0.39, 0.29) is 5.92 Å². The highest BCUT2D eigenvalue weighted by atomic mass is 16.5. The molecule has 0 radical (unpaired) electrons. The lowest BCUT2D eigenvalue weighted by Gasteiger charge is -2.48. The van der Waals surface area contributed by atoms with Gasteiger partial charge in [-0.2, -0.15) is 0 Å². The summed E-state index contributed by atoms with van der Waals surface area (Å²) in [6.45, 7) is 3.15. The van der Waals surface area contributed by atoms with E-state index in [0.29, 0.717) is 30.9 Å². The van der Waals surface area contributed by atoms with E-state index >= 15 is 0 Å². The number of morpholine rings is 1. The van der Waals surface area contributed by atoms with Crippen LogP contribution in [0.5, 0.6) is 0 Å². The maximum Gasteiger partial charge on any atom is 0.136 e. The summed E-state index contributed by atoms with van der Waals surface area (Å²) in [4.78, 5) is 15.0. The number of piperidine rings is 1. The summed E-state index contributed by atoms with van der Waals surface area (Å²) in [5.74, 6) is 0.621. The van der Waals surface area contributed by atoms with Gasteiger partial charge in [0, 0.05) is 44.7 Å². The first-order valence-electron chi connectivity index (χ1n) is 8.67. The summed E-state index contributed by atoms with van der Waals surface area (Å²) < 4.78 is 10.8. The van der Waals surface area contributed by atoms with Gasteiger partial charge in [0.2, 0.25) is 0 Å². The second kappa shape index (κ2) is 8.04. The quantitative estimate of drug-likeness (QED) is 0.725. The van der Waals surface area contributed by atoms with Gasteiger partial charge in [-0.05, 0) is 24.8 Å². The van der Waals surface area contributed by atoms with E-state index in [1.165, 1.54) is 5.56 Å². The van der Waals surface area contributed by atoms with Gasteiger partial charge < -0.3 is 9.47 Å². The number of hydrogen-bond acceptors (Lipinski definition) is 4. The second-order valence-corrected chi connectivity index (χ2v) is 6.73. The van der Waals surface area contributed by atoms with Crippen molar-refractivity contribution in [2.75, 3.05) is 26.9 Å². The molecule has 0 saturated carbocycles. The molecule has 2 atom stereocenters. The fraction of sp³-hybridized carbons (Fsp3) is 0.632. The topological polar surface area (TPSA) is 38.8 Å². The number of Topliss-reactive ketones (excluding diaryl/α,β-unsaturated/α-hetero) is 1. The Morgan fingerprint density at radius 1 is 1.22 bits per heavy atom. The van der Waals surface area contributed by atoms with E-state index < -0.39 is 0 Å². The van der Waals surface area contributed by atoms with Gasteiger partial charge in [-0.3, -0.25) is 9.69 Å². The van der Waals surface area contributed by atoms with Gasteiger partial charge in [0.15, 0.2) is 0 Å². The van der Waals surface area contributed by atoms with Crippen LogP contribution in [-0.4, -0.2) is 49.7 Å². The van der Waals surface area contributed by atoms with Crippen LogP contribution < -0.4 is 0 Å². The Kier molecular flexibility index (Phi) is 5.81. The number of benzene rings is 1. The standard InChI is InChI=1S/C19H27NO3/c1-22-9-5-8-19(21)16-10-17-13-23-14-18(11-16)20(17)12-15-6-3-2-4-7-15/h2-4,6-7,16-18H,5,8-14H2,1H3. The molecule has 126 valence electrons. The Bertz CT molecular complexity index is 491. The molecule has 2 saturated heterocycles. The number of nitrogens with zero attached hydrogens (tertiary/aromatic N) is 1. The Hall–Kier alpha value is -1.23. The van der Waals surface area contributed by atoms with Crippen molar-refractivity contribution in [3.05, 3.63) is 35.9 Å². The third-order valence-electron chi connectivity index (χ3n) is 5.11. The van der Waals surface area contributed by atoms with Gasteiger partial charge in [-0.25, -0.2) is 0 Å². The maximum atomic E-state index is 12.5. The number of carbonyl (C=O) groups excluding carboxylic acids is 1. The number of fused-ring (bicyclic) bond motifs is 2. The molecule has 0 aromatic heterocycles. The van der Waals surface area contributed by atoms with E-state index in [2.05, 4.69) is 35.2 Å². The van der Waals surface area contributed by atoms with Crippen LogP contribution in [0.3, 0.4) is 0 Å². The first kappa shape index (κ1) is 16.6. The number of rotatable bonds is 7. The van der Waals surface area contributed by atoms with E-state index in [4.69, 9.17) is 9.47 Å². The lowest BCUT2D eigenvalue weighted by molar-refractivity contribution is -0.133. The minimum atomic E-state index is 0.206. The van der Waals surface area contributed by atoms with Crippen molar-refractivity contribution in [1.29, 1.82) is 0 Å². The van der Waals surface area contributed by atoms with Gasteiger partial charge in [-0.15, -0.1) is 0 Å². The molecular weight excluding hydrogens is 290 g/mol. The van der Waals surface area contributed by atoms with Crippen LogP contribution in [0.1, 0.15) is 31.2 Å². The molecule has 3 rings (SSSR count). The minimum absolute atomic E-state index is 0.206. The molecule has 0 N–H and O–H groups in total. The van der Waals surface area contributed by atoms with Crippen molar-refractivity contribution in [3.63, 3.8) is 0 Å². The van der Waals surface area contributed by atoms with Gasteiger partial charge in [0.1, 0.15) is 5.78 Å². The average molecular weight is 317 g/mol. The van der Waals surface area contributed by atoms with Crippen LogP contribution in [0.4, 0.5) is 0 Å². The van der Waals surface area contributed by atoms with Gasteiger partial charge in [0.05, 0.1) is 13.2 Å². The van der Waals surface area contributed by atoms with E-state index in [1.807, 2.05) is 0 Å². The molecule has 4 nitrogen and oxygen atoms in total. The van der Waals surface area contributed by atoms with Crippen molar-refractivity contribution < 1.29 is 14.3 Å². The summed E-state index contributed by atoms with van der Waals surface area (Å²) in [7, 11) is 1.69. The number of ketones is 1. The smallest absolute Gasteiger partial charge is 0.136 e. The third-order valence-corrected chi connectivity index (χ3v) is 5.11. The van der Waals surface area contributed by atoms with Crippen molar-refractivity contribution in [3.8, 4) is 0 Å². The summed E-state index contributed by atoms with van der Waals surface area (Å²) >= 11 is 0. The number of methoxy groups -OCH3 is 1. The van der Waals surface area contributed by atoms with E-state index in [1.54, 1.807) is 7.11 Å². The Morgan fingerprint density at radius 2 is 1.91 bits per heavy atom. The predicted molar refractivity (Wildman–Crippen MR) is 89.2 cm³/mol. The average Bonchev–Trinajstić information content (AvgIpc) is 2.55. The van der Waals surface area contributed by atoms with Crippen LogP contribution in [0.2, 0.25) is 0 Å². The highest BCUT2D eigenvalue weighted by Crippen LogP contribution is 2.34. The number of carbonyl (C=O) groups is 1. The minimum Gasteiger partial charge on any atom is -0.385 e. The molecule has 2 fully saturated rings. The second-order valence-electron chi connectivity index (χ2n) is 6.73. The Morgan fingerprint density at radius 3 is 2.57 bits per heavy atom. The SMILES string of the molecule is COCCCC(=O)C1CC2COCC(C1)N2Cc1ccccc1. The Balaban J connectivity index is 1.60. The largest absolute Gasteiger partial charge is 0.385 e. The molecule has 1 aromatic carbocycles. The predicted octanol–water partition coefficient (Wildman–Crippen LogP) is 2.66. The van der Waals surface area contributed by atoms with E-state index in [9.17, 15) is 4.79 Å². The number of ether oxygens (including phenoxy) is 2. The monoisotopic (exact) mass is 317 g/mol. The van der Waals surface area contributed by atoms with E-state index in [0.717, 1.165) is 39.0 Å². The maximum absolute atomic E-state index is 12.5. The van der Waals surface area contributed by atoms with Gasteiger partial charge in [0.25, 0.3) is 0 Å². The lowest BCUT2D eigenvalue weighted by Crippen LogP contribution is -2.57. The van der Waals surface area contributed by atoms with Crippen LogP contribution >= 0.6 is 0 Å².